The van der Waals surface area contributed by atoms with Crippen molar-refractivity contribution in [3.63, 3.8) is 0 Å². The largest absolute Gasteiger partial charge is 0.496 e. The minimum Gasteiger partial charge on any atom is -0.496 e. The van der Waals surface area contributed by atoms with Gasteiger partial charge in [0.25, 0.3) is 0 Å². The van der Waals surface area contributed by atoms with E-state index in [1.54, 1.807) is 7.11 Å². The number of methoxy groups -OCH3 is 1. The highest BCUT2D eigenvalue weighted by Crippen LogP contribution is 2.42. The van der Waals surface area contributed by atoms with Crippen LogP contribution in [0.15, 0.2) is 17.7 Å². The molecule has 0 unspecified atom stereocenters. The van der Waals surface area contributed by atoms with Crippen molar-refractivity contribution in [2.75, 3.05) is 7.11 Å². The average Bonchev–Trinajstić information content (AvgIpc) is 2.58. The number of benzene rings is 2. The first-order valence-corrected chi connectivity index (χ1v) is 9.75. The molecule has 3 nitrogen and oxygen atoms in total. The number of rotatable bonds is 1. The Balaban J connectivity index is 2.47. The summed E-state index contributed by atoms with van der Waals surface area (Å²) in [5.41, 5.74) is 4.47. The van der Waals surface area contributed by atoms with Crippen molar-refractivity contribution < 1.29 is 14.3 Å². The molecule has 0 heterocycles. The van der Waals surface area contributed by atoms with E-state index in [0.717, 1.165) is 38.8 Å². The second-order valence-corrected chi connectivity index (χ2v) is 9.85. The van der Waals surface area contributed by atoms with Crippen LogP contribution >= 0.6 is 0 Å². The Kier molecular flexibility index (Phi) is 4.57. The Morgan fingerprint density at radius 2 is 1.36 bits per heavy atom. The molecule has 0 spiro atoms. The predicted octanol–water partition coefficient (Wildman–Crippen LogP) is 5.96. The van der Waals surface area contributed by atoms with Gasteiger partial charge in [-0.3, -0.25) is 9.59 Å². The number of ketones is 2. The number of allylic oxidation sites excluding steroid dienone is 1. The summed E-state index contributed by atoms with van der Waals surface area (Å²) in [6.07, 6.45) is 1.92. The zero-order chi connectivity index (χ0) is 21.2. The number of carbonyl (C=O) groups is 2. The van der Waals surface area contributed by atoms with Gasteiger partial charge >= 0.3 is 0 Å². The molecular weight excluding hydrogens is 348 g/mol. The zero-order valence-corrected chi connectivity index (χ0v) is 18.5. The molecule has 0 aromatic heterocycles. The van der Waals surface area contributed by atoms with Crippen LogP contribution in [0.3, 0.4) is 0 Å². The highest BCUT2D eigenvalue weighted by Gasteiger charge is 2.36. The number of ether oxygens (including phenoxy) is 1. The minimum atomic E-state index is -0.391. The molecule has 0 amide bonds. The van der Waals surface area contributed by atoms with Gasteiger partial charge in [0.05, 0.1) is 7.11 Å². The van der Waals surface area contributed by atoms with Crippen LogP contribution in [0.4, 0.5) is 0 Å². The SMILES string of the molecule is COc1cc2c(C)c3c(c(C)c2cc1C(C)(C)C)C(=O)C(=O)C(C(C)(C)C)=C3. The van der Waals surface area contributed by atoms with E-state index >= 15 is 0 Å². The molecule has 0 aliphatic heterocycles. The number of aryl methyl sites for hydroxylation is 2. The summed E-state index contributed by atoms with van der Waals surface area (Å²) in [5.74, 6) is 0.0742. The van der Waals surface area contributed by atoms with Gasteiger partial charge in [0, 0.05) is 16.7 Å². The van der Waals surface area contributed by atoms with Gasteiger partial charge in [0.2, 0.25) is 11.6 Å². The van der Waals surface area contributed by atoms with Crippen molar-refractivity contribution in [2.24, 2.45) is 5.41 Å². The lowest BCUT2D eigenvalue weighted by molar-refractivity contribution is -0.112. The molecule has 0 radical (unpaired) electrons. The normalized spacial score (nSPS) is 15.0. The predicted molar refractivity (Wildman–Crippen MR) is 115 cm³/mol. The lowest BCUT2D eigenvalue weighted by Gasteiger charge is -2.28. The Bertz CT molecular complexity index is 1050. The fourth-order valence-electron chi connectivity index (χ4n) is 4.10. The van der Waals surface area contributed by atoms with E-state index in [2.05, 4.69) is 32.9 Å². The lowest BCUT2D eigenvalue weighted by atomic mass is 9.74. The van der Waals surface area contributed by atoms with Gasteiger partial charge in [-0.25, -0.2) is 0 Å². The Labute approximate surface area is 167 Å². The van der Waals surface area contributed by atoms with E-state index < -0.39 is 5.78 Å². The molecule has 3 rings (SSSR count). The van der Waals surface area contributed by atoms with Crippen LogP contribution in [-0.4, -0.2) is 18.7 Å². The number of Topliss-reactive ketones (excluding diaryl/α,β-unsaturated/α-hetero) is 2. The van der Waals surface area contributed by atoms with Crippen LogP contribution in [0.2, 0.25) is 0 Å². The second-order valence-electron chi connectivity index (χ2n) is 9.85. The van der Waals surface area contributed by atoms with Crippen LogP contribution in [0.25, 0.3) is 16.8 Å². The molecule has 2 aromatic rings. The van der Waals surface area contributed by atoms with Crippen LogP contribution in [-0.2, 0) is 10.2 Å². The van der Waals surface area contributed by atoms with Gasteiger partial charge in [0.1, 0.15) is 5.75 Å². The molecule has 0 atom stereocenters. The van der Waals surface area contributed by atoms with Gasteiger partial charge in [-0.05, 0) is 70.3 Å². The van der Waals surface area contributed by atoms with Crippen molar-refractivity contribution in [3.05, 3.63) is 45.5 Å². The van der Waals surface area contributed by atoms with Crippen molar-refractivity contribution in [2.45, 2.75) is 60.8 Å². The van der Waals surface area contributed by atoms with Crippen molar-refractivity contribution in [1.82, 2.24) is 0 Å². The van der Waals surface area contributed by atoms with Gasteiger partial charge in [-0.15, -0.1) is 0 Å². The molecule has 1 aliphatic rings. The quantitative estimate of drug-likeness (QED) is 0.575. The fraction of sp³-hybridized carbons (Fsp3) is 0.440. The Hall–Kier alpha value is -2.42. The molecule has 1 aliphatic carbocycles. The maximum atomic E-state index is 13.1. The molecule has 28 heavy (non-hydrogen) atoms. The topological polar surface area (TPSA) is 43.4 Å². The third-order valence-corrected chi connectivity index (χ3v) is 5.78. The van der Waals surface area contributed by atoms with Crippen molar-refractivity contribution >= 4 is 28.4 Å². The van der Waals surface area contributed by atoms with Gasteiger partial charge in [0.15, 0.2) is 0 Å². The van der Waals surface area contributed by atoms with E-state index in [1.165, 1.54) is 0 Å². The summed E-state index contributed by atoms with van der Waals surface area (Å²) in [5, 5.41) is 2.07. The first-order chi connectivity index (χ1) is 12.8. The molecule has 0 fully saturated rings. The minimum absolute atomic E-state index is 0.102. The summed E-state index contributed by atoms with van der Waals surface area (Å²) in [6, 6.07) is 4.20. The molecule has 2 aromatic carbocycles. The van der Waals surface area contributed by atoms with Crippen molar-refractivity contribution in [3.8, 4) is 5.75 Å². The highest BCUT2D eigenvalue weighted by molar-refractivity contribution is 6.52. The second kappa shape index (κ2) is 6.30. The Morgan fingerprint density at radius 1 is 0.786 bits per heavy atom. The van der Waals surface area contributed by atoms with E-state index in [9.17, 15) is 9.59 Å². The average molecular weight is 379 g/mol. The monoisotopic (exact) mass is 378 g/mol. The van der Waals surface area contributed by atoms with Crippen LogP contribution in [0.5, 0.6) is 5.75 Å². The van der Waals surface area contributed by atoms with E-state index in [1.807, 2.05) is 40.7 Å². The number of fused-ring (bicyclic) bond motifs is 2. The molecule has 0 bridgehead atoms. The van der Waals surface area contributed by atoms with Crippen LogP contribution in [0.1, 0.15) is 74.2 Å². The van der Waals surface area contributed by atoms with Crippen LogP contribution < -0.4 is 4.74 Å². The number of hydrogen-bond donors (Lipinski definition) is 0. The molecular formula is C25H30O3. The maximum Gasteiger partial charge on any atom is 0.234 e. The summed E-state index contributed by atoms with van der Waals surface area (Å²) >= 11 is 0. The third-order valence-electron chi connectivity index (χ3n) is 5.78. The summed E-state index contributed by atoms with van der Waals surface area (Å²) in [4.78, 5) is 25.9. The molecule has 0 saturated heterocycles. The van der Waals surface area contributed by atoms with Crippen molar-refractivity contribution in [1.29, 1.82) is 0 Å². The molecule has 3 heteroatoms. The molecule has 0 N–H and O–H groups in total. The lowest BCUT2D eigenvalue weighted by Crippen LogP contribution is -2.29. The van der Waals surface area contributed by atoms with E-state index in [-0.39, 0.29) is 16.6 Å². The summed E-state index contributed by atoms with van der Waals surface area (Å²) < 4.78 is 5.70. The summed E-state index contributed by atoms with van der Waals surface area (Å²) in [6.45, 7) is 16.3. The smallest absolute Gasteiger partial charge is 0.234 e. The number of hydrogen-bond acceptors (Lipinski definition) is 3. The molecule has 0 saturated carbocycles. The molecule has 148 valence electrons. The van der Waals surface area contributed by atoms with Gasteiger partial charge in [-0.1, -0.05) is 41.5 Å². The maximum absolute atomic E-state index is 13.1. The van der Waals surface area contributed by atoms with E-state index in [0.29, 0.717) is 11.1 Å². The van der Waals surface area contributed by atoms with Crippen LogP contribution in [0, 0.1) is 19.3 Å². The van der Waals surface area contributed by atoms with Gasteiger partial charge in [-0.2, -0.15) is 0 Å². The first-order valence-electron chi connectivity index (χ1n) is 9.75. The first kappa shape index (κ1) is 20.3. The standard InChI is InChI=1S/C25H30O3/c1-13-16-12-20(28-9)18(24(3,4)5)10-15(16)14(2)21-17(13)11-19(25(6,7)8)22(26)23(21)27/h10-12H,1-9H3. The van der Waals surface area contributed by atoms with Gasteiger partial charge < -0.3 is 4.74 Å². The summed E-state index contributed by atoms with van der Waals surface area (Å²) in [7, 11) is 1.69. The third kappa shape index (κ3) is 2.97. The number of carbonyl (C=O) groups excluding carboxylic acids is 2. The zero-order valence-electron chi connectivity index (χ0n) is 18.5. The fourth-order valence-corrected chi connectivity index (χ4v) is 4.10. The highest BCUT2D eigenvalue weighted by atomic mass is 16.5. The van der Waals surface area contributed by atoms with E-state index in [4.69, 9.17) is 4.74 Å². The Morgan fingerprint density at radius 3 is 1.86 bits per heavy atom.